The molecule has 1 fully saturated rings. The van der Waals surface area contributed by atoms with E-state index in [1.54, 1.807) is 0 Å². The van der Waals surface area contributed by atoms with Gasteiger partial charge in [0.25, 0.3) is 0 Å². The Morgan fingerprint density at radius 3 is 2.74 bits per heavy atom. The Morgan fingerprint density at radius 1 is 1.15 bits per heavy atom. The van der Waals surface area contributed by atoms with Crippen LogP contribution in [0.5, 0.6) is 0 Å². The normalized spacial score (nSPS) is 19.0. The second kappa shape index (κ2) is 12.5. The summed E-state index contributed by atoms with van der Waals surface area (Å²) in [5.41, 5.74) is 3.36. The van der Waals surface area contributed by atoms with Crippen LogP contribution >= 0.6 is 0 Å². The van der Waals surface area contributed by atoms with E-state index in [1.807, 2.05) is 31.7 Å². The van der Waals surface area contributed by atoms with Crippen molar-refractivity contribution in [3.8, 4) is 0 Å². The van der Waals surface area contributed by atoms with E-state index in [-0.39, 0.29) is 11.6 Å². The van der Waals surface area contributed by atoms with Gasteiger partial charge in [-0.05, 0) is 95.6 Å². The number of benzene rings is 1. The molecule has 0 aromatic heterocycles. The third-order valence-electron chi connectivity index (χ3n) is 6.73. The monoisotopic (exact) mass is 471 g/mol. The van der Waals surface area contributed by atoms with Gasteiger partial charge in [-0.2, -0.15) is 0 Å². The number of amides is 3. The average molecular weight is 472 g/mol. The van der Waals surface area contributed by atoms with Crippen LogP contribution in [0.2, 0.25) is 0 Å². The molecule has 3 amide bonds. The maximum atomic E-state index is 12.3. The number of unbranched alkanes of at least 4 members (excludes halogenated alkanes) is 1. The summed E-state index contributed by atoms with van der Waals surface area (Å²) in [6.07, 6.45) is 7.25. The molecule has 0 bridgehead atoms. The number of anilines is 1. The second-order valence-corrected chi connectivity index (χ2v) is 10.8. The molecule has 1 aromatic rings. The standard InChI is InChI=1S/C27H45N5O2/c1-5-15-31(16-6-7-17-32-18-14-28-13-12-25(32)33)24-11-9-21-8-10-23(19-22(21)20-24)29-26(34)30-27(2,3)4/h8,10,19,24,28H,5-7,9,11-18,20H2,1-4H3,(H2,29,30,34). The van der Waals surface area contributed by atoms with Gasteiger partial charge >= 0.3 is 6.03 Å². The van der Waals surface area contributed by atoms with Gasteiger partial charge in [-0.25, -0.2) is 4.79 Å². The Morgan fingerprint density at radius 2 is 1.97 bits per heavy atom. The first-order chi connectivity index (χ1) is 16.2. The van der Waals surface area contributed by atoms with E-state index >= 15 is 0 Å². The topological polar surface area (TPSA) is 76.7 Å². The number of nitrogens with zero attached hydrogens (tertiary/aromatic N) is 2. The van der Waals surface area contributed by atoms with Crippen LogP contribution in [-0.2, 0) is 17.6 Å². The highest BCUT2D eigenvalue weighted by atomic mass is 16.2. The number of fused-ring (bicyclic) bond motifs is 1. The van der Waals surface area contributed by atoms with Gasteiger partial charge in [-0.15, -0.1) is 0 Å². The molecule has 1 aliphatic carbocycles. The van der Waals surface area contributed by atoms with E-state index in [2.05, 4.69) is 39.9 Å². The molecule has 7 heteroatoms. The van der Waals surface area contributed by atoms with Crippen LogP contribution in [0.1, 0.15) is 70.9 Å². The summed E-state index contributed by atoms with van der Waals surface area (Å²) in [5.74, 6) is 0.292. The third-order valence-corrected chi connectivity index (χ3v) is 6.73. The van der Waals surface area contributed by atoms with Crippen molar-refractivity contribution in [2.24, 2.45) is 0 Å². The number of nitrogens with one attached hydrogen (secondary N) is 3. The zero-order chi connectivity index (χ0) is 24.6. The molecule has 0 radical (unpaired) electrons. The summed E-state index contributed by atoms with van der Waals surface area (Å²) in [7, 11) is 0. The summed E-state index contributed by atoms with van der Waals surface area (Å²) in [5, 5.41) is 9.27. The highest BCUT2D eigenvalue weighted by molar-refractivity contribution is 5.89. The van der Waals surface area contributed by atoms with Crippen LogP contribution in [0.4, 0.5) is 10.5 Å². The van der Waals surface area contributed by atoms with Crippen molar-refractivity contribution in [2.75, 3.05) is 44.6 Å². The minimum Gasteiger partial charge on any atom is -0.341 e. The predicted molar refractivity (Wildman–Crippen MR) is 139 cm³/mol. The largest absolute Gasteiger partial charge is 0.341 e. The van der Waals surface area contributed by atoms with E-state index in [1.165, 1.54) is 17.5 Å². The SMILES string of the molecule is CCCN(CCCCN1CCNCCC1=O)C1CCc2ccc(NC(=O)NC(C)(C)C)cc2C1. The van der Waals surface area contributed by atoms with Gasteiger partial charge in [-0.3, -0.25) is 4.79 Å². The Bertz CT molecular complexity index is 820. The minimum absolute atomic E-state index is 0.161. The predicted octanol–water partition coefficient (Wildman–Crippen LogP) is 3.78. The average Bonchev–Trinajstić information content (AvgIpc) is 2.98. The first kappa shape index (κ1) is 26.5. The van der Waals surface area contributed by atoms with Crippen LogP contribution in [0.3, 0.4) is 0 Å². The maximum absolute atomic E-state index is 12.3. The van der Waals surface area contributed by atoms with Crippen molar-refractivity contribution >= 4 is 17.6 Å². The number of aryl methyl sites for hydroxylation is 1. The van der Waals surface area contributed by atoms with Crippen LogP contribution in [0, 0.1) is 0 Å². The molecule has 0 spiro atoms. The molecule has 1 saturated heterocycles. The fourth-order valence-corrected chi connectivity index (χ4v) is 5.07. The number of hydrogen-bond acceptors (Lipinski definition) is 4. The molecule has 3 rings (SSSR count). The highest BCUT2D eigenvalue weighted by Crippen LogP contribution is 2.27. The van der Waals surface area contributed by atoms with Crippen LogP contribution < -0.4 is 16.0 Å². The zero-order valence-corrected chi connectivity index (χ0v) is 21.7. The fourth-order valence-electron chi connectivity index (χ4n) is 5.07. The molecule has 190 valence electrons. The summed E-state index contributed by atoms with van der Waals surface area (Å²) in [6, 6.07) is 6.73. The number of carbonyl (C=O) groups excluding carboxylic acids is 2. The Hall–Kier alpha value is -2.12. The molecular weight excluding hydrogens is 426 g/mol. The van der Waals surface area contributed by atoms with Crippen molar-refractivity contribution in [1.82, 2.24) is 20.4 Å². The molecule has 1 unspecified atom stereocenters. The zero-order valence-electron chi connectivity index (χ0n) is 21.7. The van der Waals surface area contributed by atoms with Gasteiger partial charge in [0.1, 0.15) is 0 Å². The van der Waals surface area contributed by atoms with Gasteiger partial charge in [0.15, 0.2) is 0 Å². The Labute approximate surface area is 206 Å². The first-order valence-electron chi connectivity index (χ1n) is 13.2. The lowest BCUT2D eigenvalue weighted by Gasteiger charge is -2.35. The lowest BCUT2D eigenvalue weighted by molar-refractivity contribution is -0.130. The Kier molecular flexibility index (Phi) is 9.77. The van der Waals surface area contributed by atoms with E-state index in [9.17, 15) is 9.59 Å². The Balaban J connectivity index is 1.53. The van der Waals surface area contributed by atoms with Gasteiger partial charge < -0.3 is 25.8 Å². The second-order valence-electron chi connectivity index (χ2n) is 10.8. The van der Waals surface area contributed by atoms with E-state index < -0.39 is 0 Å². The van der Waals surface area contributed by atoms with Gasteiger partial charge in [0.05, 0.1) is 0 Å². The number of urea groups is 1. The van der Waals surface area contributed by atoms with Gasteiger partial charge in [-0.1, -0.05) is 13.0 Å². The molecule has 1 atom stereocenters. The van der Waals surface area contributed by atoms with E-state index in [0.29, 0.717) is 18.4 Å². The number of carbonyl (C=O) groups is 2. The fraction of sp³-hybridized carbons (Fsp3) is 0.704. The van der Waals surface area contributed by atoms with Crippen LogP contribution in [0.15, 0.2) is 18.2 Å². The highest BCUT2D eigenvalue weighted by Gasteiger charge is 2.24. The van der Waals surface area contributed by atoms with Crippen LogP contribution in [0.25, 0.3) is 0 Å². The van der Waals surface area contributed by atoms with Crippen molar-refractivity contribution < 1.29 is 9.59 Å². The summed E-state index contributed by atoms with van der Waals surface area (Å²) in [6.45, 7) is 13.8. The van der Waals surface area contributed by atoms with Gasteiger partial charge in [0.2, 0.25) is 5.91 Å². The van der Waals surface area contributed by atoms with Crippen molar-refractivity contribution in [3.63, 3.8) is 0 Å². The molecule has 2 aliphatic rings. The third kappa shape index (κ3) is 8.27. The molecule has 1 aromatic carbocycles. The summed E-state index contributed by atoms with van der Waals surface area (Å²) in [4.78, 5) is 29.2. The number of rotatable bonds is 9. The first-order valence-corrected chi connectivity index (χ1v) is 13.2. The molecule has 1 heterocycles. The smallest absolute Gasteiger partial charge is 0.319 e. The number of hydrogen-bond donors (Lipinski definition) is 3. The molecule has 1 aliphatic heterocycles. The lowest BCUT2D eigenvalue weighted by atomic mass is 9.87. The minimum atomic E-state index is -0.262. The van der Waals surface area contributed by atoms with E-state index in [4.69, 9.17) is 0 Å². The molecular formula is C27H45N5O2. The molecule has 34 heavy (non-hydrogen) atoms. The lowest BCUT2D eigenvalue weighted by Crippen LogP contribution is -2.43. The maximum Gasteiger partial charge on any atom is 0.319 e. The summed E-state index contributed by atoms with van der Waals surface area (Å²) >= 11 is 0. The quantitative estimate of drug-likeness (QED) is 0.479. The molecule has 7 nitrogen and oxygen atoms in total. The van der Waals surface area contributed by atoms with Crippen LogP contribution in [-0.4, -0.2) is 72.6 Å². The van der Waals surface area contributed by atoms with Gasteiger partial charge in [0, 0.05) is 49.9 Å². The van der Waals surface area contributed by atoms with Crippen molar-refractivity contribution in [1.29, 1.82) is 0 Å². The molecule has 3 N–H and O–H groups in total. The molecule has 0 saturated carbocycles. The van der Waals surface area contributed by atoms with Crippen molar-refractivity contribution in [3.05, 3.63) is 29.3 Å². The van der Waals surface area contributed by atoms with E-state index in [0.717, 1.165) is 77.1 Å². The summed E-state index contributed by atoms with van der Waals surface area (Å²) < 4.78 is 0. The van der Waals surface area contributed by atoms with Crippen molar-refractivity contribution in [2.45, 2.75) is 84.2 Å².